The van der Waals surface area contributed by atoms with Gasteiger partial charge in [0.2, 0.25) is 0 Å². The molecule has 0 unspecified atom stereocenters. The summed E-state index contributed by atoms with van der Waals surface area (Å²) in [6, 6.07) is 5.46. The van der Waals surface area contributed by atoms with Crippen molar-refractivity contribution in [3.8, 4) is 22.8 Å². The van der Waals surface area contributed by atoms with E-state index in [1.165, 1.54) is 11.3 Å². The maximum Gasteiger partial charge on any atom is 0.178 e. The lowest BCUT2D eigenvalue weighted by atomic mass is 10.1. The highest BCUT2D eigenvalue weighted by atomic mass is 32.1. The van der Waals surface area contributed by atoms with E-state index in [1.54, 1.807) is 25.8 Å². The molecule has 1 aromatic carbocycles. The van der Waals surface area contributed by atoms with E-state index < -0.39 is 0 Å². The summed E-state index contributed by atoms with van der Waals surface area (Å²) in [6.07, 6.45) is 0. The lowest BCUT2D eigenvalue weighted by molar-refractivity contribution is 0.234. The van der Waals surface area contributed by atoms with Gasteiger partial charge in [-0.1, -0.05) is 0 Å². The fourth-order valence-corrected chi connectivity index (χ4v) is 2.29. The maximum atomic E-state index is 8.67. The molecule has 0 saturated heterocycles. The van der Waals surface area contributed by atoms with Crippen LogP contribution in [0.3, 0.4) is 0 Å². The Morgan fingerprint density at radius 2 is 2.05 bits per heavy atom. The quantitative estimate of drug-likeness (QED) is 0.453. The standard InChI is InChI=1S/C12H13N3O3S/c1-17-9-4-3-7(5-10(9)18-2)8-6-19-12(14-8)11(13)15-16/h3-6,16H,1-2H3,(H2,13,15). The predicted molar refractivity (Wildman–Crippen MR) is 72.4 cm³/mol. The SMILES string of the molecule is COc1ccc(-c2csc(C(=N)NO)n2)cc1OC. The van der Waals surface area contributed by atoms with Gasteiger partial charge in [-0.05, 0) is 18.2 Å². The van der Waals surface area contributed by atoms with E-state index in [0.29, 0.717) is 22.2 Å². The lowest BCUT2D eigenvalue weighted by Crippen LogP contribution is -2.18. The number of benzene rings is 1. The minimum atomic E-state index is -0.128. The number of nitrogens with zero attached hydrogens (tertiary/aromatic N) is 1. The summed E-state index contributed by atoms with van der Waals surface area (Å²) < 4.78 is 10.4. The van der Waals surface area contributed by atoms with E-state index >= 15 is 0 Å². The zero-order valence-corrected chi connectivity index (χ0v) is 11.2. The molecular weight excluding hydrogens is 266 g/mol. The predicted octanol–water partition coefficient (Wildman–Crippen LogP) is 2.13. The molecule has 0 saturated carbocycles. The molecule has 0 aliphatic rings. The molecule has 3 N–H and O–H groups in total. The van der Waals surface area contributed by atoms with Gasteiger partial charge in [-0.3, -0.25) is 16.1 Å². The Morgan fingerprint density at radius 3 is 2.68 bits per heavy atom. The molecule has 1 heterocycles. The third-order valence-corrected chi connectivity index (χ3v) is 3.37. The highest BCUT2D eigenvalue weighted by Crippen LogP contribution is 2.32. The highest BCUT2D eigenvalue weighted by molar-refractivity contribution is 7.12. The van der Waals surface area contributed by atoms with Crippen LogP contribution in [0.15, 0.2) is 23.6 Å². The molecule has 0 spiro atoms. The molecule has 0 amide bonds. The molecule has 0 bridgehead atoms. The second-order valence-electron chi connectivity index (χ2n) is 3.59. The zero-order chi connectivity index (χ0) is 13.8. The van der Waals surface area contributed by atoms with Crippen molar-refractivity contribution in [3.05, 3.63) is 28.6 Å². The number of thiazole rings is 1. The first-order valence-electron chi connectivity index (χ1n) is 5.36. The molecule has 0 radical (unpaired) electrons. The van der Waals surface area contributed by atoms with Gasteiger partial charge in [-0.25, -0.2) is 4.98 Å². The van der Waals surface area contributed by atoms with Crippen molar-refractivity contribution in [1.82, 2.24) is 10.5 Å². The van der Waals surface area contributed by atoms with Crippen molar-refractivity contribution in [1.29, 1.82) is 5.41 Å². The summed E-state index contributed by atoms with van der Waals surface area (Å²) in [4.78, 5) is 4.26. The van der Waals surface area contributed by atoms with E-state index in [-0.39, 0.29) is 5.84 Å². The maximum absolute atomic E-state index is 8.67. The summed E-state index contributed by atoms with van der Waals surface area (Å²) in [5, 5.41) is 18.3. The Morgan fingerprint density at radius 1 is 1.32 bits per heavy atom. The molecule has 0 aliphatic carbocycles. The Balaban J connectivity index is 2.36. The average molecular weight is 279 g/mol. The number of amidine groups is 1. The molecule has 7 heteroatoms. The van der Waals surface area contributed by atoms with Gasteiger partial charge < -0.3 is 9.47 Å². The van der Waals surface area contributed by atoms with Gasteiger partial charge in [0, 0.05) is 10.9 Å². The first-order chi connectivity index (χ1) is 9.19. The Kier molecular flexibility index (Phi) is 3.98. The Bertz CT molecular complexity index is 598. The van der Waals surface area contributed by atoms with Crippen LogP contribution in [-0.2, 0) is 0 Å². The minimum Gasteiger partial charge on any atom is -0.493 e. The molecule has 0 fully saturated rings. The molecule has 100 valence electrons. The molecule has 0 aliphatic heterocycles. The summed E-state index contributed by atoms with van der Waals surface area (Å²) in [5.74, 6) is 1.13. The summed E-state index contributed by atoms with van der Waals surface area (Å²) in [7, 11) is 3.15. The van der Waals surface area contributed by atoms with Crippen molar-refractivity contribution in [2.24, 2.45) is 0 Å². The minimum absolute atomic E-state index is 0.128. The lowest BCUT2D eigenvalue weighted by Gasteiger charge is -2.08. The summed E-state index contributed by atoms with van der Waals surface area (Å²) >= 11 is 1.27. The summed E-state index contributed by atoms with van der Waals surface area (Å²) in [6.45, 7) is 0. The number of nitrogens with one attached hydrogen (secondary N) is 2. The number of aromatic nitrogens is 1. The van der Waals surface area contributed by atoms with E-state index in [0.717, 1.165) is 5.56 Å². The number of rotatable bonds is 4. The van der Waals surface area contributed by atoms with Gasteiger partial charge >= 0.3 is 0 Å². The Hall–Kier alpha value is -2.12. The van der Waals surface area contributed by atoms with Gasteiger partial charge in [0.15, 0.2) is 22.3 Å². The van der Waals surface area contributed by atoms with E-state index in [2.05, 4.69) is 4.98 Å². The van der Waals surface area contributed by atoms with Crippen LogP contribution in [0.4, 0.5) is 0 Å². The van der Waals surface area contributed by atoms with Gasteiger partial charge in [0.25, 0.3) is 0 Å². The van der Waals surface area contributed by atoms with E-state index in [4.69, 9.17) is 20.1 Å². The van der Waals surface area contributed by atoms with Gasteiger partial charge in [0.05, 0.1) is 19.9 Å². The number of hydroxylamine groups is 1. The number of hydrogen-bond donors (Lipinski definition) is 3. The van der Waals surface area contributed by atoms with Crippen LogP contribution in [0.25, 0.3) is 11.3 Å². The topological polar surface area (TPSA) is 87.5 Å². The molecule has 19 heavy (non-hydrogen) atoms. The fraction of sp³-hybridized carbons (Fsp3) is 0.167. The van der Waals surface area contributed by atoms with Crippen molar-refractivity contribution in [2.45, 2.75) is 0 Å². The van der Waals surface area contributed by atoms with Crippen LogP contribution < -0.4 is 15.0 Å². The van der Waals surface area contributed by atoms with Crippen molar-refractivity contribution < 1.29 is 14.7 Å². The van der Waals surface area contributed by atoms with Crippen LogP contribution in [0.1, 0.15) is 5.01 Å². The zero-order valence-electron chi connectivity index (χ0n) is 10.4. The second-order valence-corrected chi connectivity index (χ2v) is 4.45. The number of ether oxygens (including phenoxy) is 2. The van der Waals surface area contributed by atoms with Gasteiger partial charge in [-0.15, -0.1) is 11.3 Å². The van der Waals surface area contributed by atoms with Crippen molar-refractivity contribution in [2.75, 3.05) is 14.2 Å². The van der Waals surface area contributed by atoms with Crippen molar-refractivity contribution >= 4 is 17.2 Å². The Labute approximate surface area is 114 Å². The molecule has 6 nitrogen and oxygen atoms in total. The molecule has 2 aromatic rings. The monoisotopic (exact) mass is 279 g/mol. The highest BCUT2D eigenvalue weighted by Gasteiger charge is 2.11. The molecule has 0 atom stereocenters. The van der Waals surface area contributed by atoms with Crippen LogP contribution in [0.5, 0.6) is 11.5 Å². The first-order valence-corrected chi connectivity index (χ1v) is 6.24. The fourth-order valence-electron chi connectivity index (χ4n) is 1.56. The summed E-state index contributed by atoms with van der Waals surface area (Å²) in [5.41, 5.74) is 3.34. The molecular formula is C12H13N3O3S. The van der Waals surface area contributed by atoms with Crippen LogP contribution in [0.2, 0.25) is 0 Å². The third-order valence-electron chi connectivity index (χ3n) is 2.51. The largest absolute Gasteiger partial charge is 0.493 e. The van der Waals surface area contributed by atoms with E-state index in [1.807, 2.05) is 17.5 Å². The average Bonchev–Trinajstić information content (AvgIpc) is 2.95. The smallest absolute Gasteiger partial charge is 0.178 e. The van der Waals surface area contributed by atoms with Crippen molar-refractivity contribution in [3.63, 3.8) is 0 Å². The van der Waals surface area contributed by atoms with Crippen LogP contribution in [-0.4, -0.2) is 30.2 Å². The van der Waals surface area contributed by atoms with Gasteiger partial charge in [0.1, 0.15) is 0 Å². The van der Waals surface area contributed by atoms with Crippen LogP contribution in [0, 0.1) is 5.41 Å². The molecule has 2 rings (SSSR count). The number of hydrogen-bond acceptors (Lipinski definition) is 6. The molecule has 1 aromatic heterocycles. The van der Waals surface area contributed by atoms with Crippen LogP contribution >= 0.6 is 11.3 Å². The number of methoxy groups -OCH3 is 2. The first kappa shape index (κ1) is 13.3. The third kappa shape index (κ3) is 2.67. The second kappa shape index (κ2) is 5.68. The van der Waals surface area contributed by atoms with E-state index in [9.17, 15) is 0 Å². The normalized spacial score (nSPS) is 10.1. The van der Waals surface area contributed by atoms with Gasteiger partial charge in [-0.2, -0.15) is 0 Å².